The first-order valence-corrected chi connectivity index (χ1v) is 5.95. The van der Waals surface area contributed by atoms with E-state index in [1.165, 1.54) is 4.68 Å². The van der Waals surface area contributed by atoms with Crippen LogP contribution in [0.1, 0.15) is 16.8 Å². The van der Waals surface area contributed by atoms with Gasteiger partial charge in [0.15, 0.2) is 0 Å². The van der Waals surface area contributed by atoms with E-state index >= 15 is 0 Å². The third-order valence-corrected chi connectivity index (χ3v) is 3.05. The van der Waals surface area contributed by atoms with Gasteiger partial charge in [-0.1, -0.05) is 17.7 Å². The molecule has 2 aromatic rings. The summed E-state index contributed by atoms with van der Waals surface area (Å²) in [4.78, 5) is 0. The molecule has 0 unspecified atom stereocenters. The summed E-state index contributed by atoms with van der Waals surface area (Å²) in [5, 5.41) is 22.9. The van der Waals surface area contributed by atoms with Gasteiger partial charge in [0.2, 0.25) is 0 Å². The molecule has 0 aliphatic carbocycles. The number of nitriles is 1. The summed E-state index contributed by atoms with van der Waals surface area (Å²) in [7, 11) is 1.55. The molecule has 0 saturated heterocycles. The Balaban J connectivity index is 2.53. The molecule has 0 spiro atoms. The lowest BCUT2D eigenvalue weighted by Crippen LogP contribution is -1.98. The quantitative estimate of drug-likeness (QED) is 0.928. The van der Waals surface area contributed by atoms with Gasteiger partial charge >= 0.3 is 0 Å². The maximum Gasteiger partial charge on any atom is 0.138 e. The fourth-order valence-electron chi connectivity index (χ4n) is 1.76. The molecule has 1 aromatic heterocycles. The summed E-state index contributed by atoms with van der Waals surface area (Å²) >= 11 is 6.20. The van der Waals surface area contributed by atoms with Crippen molar-refractivity contribution in [3.8, 4) is 11.8 Å². The van der Waals surface area contributed by atoms with Crippen LogP contribution in [0.4, 0.5) is 0 Å². The molecule has 2 rings (SSSR count). The van der Waals surface area contributed by atoms with Crippen molar-refractivity contribution in [1.29, 1.82) is 5.26 Å². The molecule has 0 radical (unpaired) electrons. The highest BCUT2D eigenvalue weighted by atomic mass is 35.5. The number of ether oxygens (including phenoxy) is 1. The summed E-state index contributed by atoms with van der Waals surface area (Å²) in [6.07, 6.45) is 0. The first kappa shape index (κ1) is 13.6. The second-order valence-corrected chi connectivity index (χ2v) is 4.24. The number of nitrogens with zero attached hydrogens (tertiary/aromatic N) is 3. The Morgan fingerprint density at radius 1 is 1.53 bits per heavy atom. The summed E-state index contributed by atoms with van der Waals surface area (Å²) in [5.41, 5.74) is 2.30. The maximum atomic E-state index is 9.34. The molecule has 0 aliphatic heterocycles. The second-order valence-electron chi connectivity index (χ2n) is 3.88. The Labute approximate surface area is 115 Å². The molecule has 0 saturated carbocycles. The molecule has 5 nitrogen and oxygen atoms in total. The van der Waals surface area contributed by atoms with Crippen molar-refractivity contribution in [3.05, 3.63) is 46.2 Å². The van der Waals surface area contributed by atoms with E-state index in [-0.39, 0.29) is 13.2 Å². The Morgan fingerprint density at radius 2 is 2.32 bits per heavy atom. The van der Waals surface area contributed by atoms with Crippen LogP contribution < -0.4 is 0 Å². The normalized spacial score (nSPS) is 10.4. The van der Waals surface area contributed by atoms with Gasteiger partial charge in [-0.3, -0.25) is 0 Å². The van der Waals surface area contributed by atoms with Crippen LogP contribution in [0.3, 0.4) is 0 Å². The third-order valence-electron chi connectivity index (χ3n) is 2.66. The van der Waals surface area contributed by atoms with E-state index in [0.717, 1.165) is 0 Å². The fraction of sp³-hybridized carbons (Fsp3) is 0.231. The van der Waals surface area contributed by atoms with E-state index in [1.807, 2.05) is 0 Å². The van der Waals surface area contributed by atoms with Crippen LogP contribution in [0, 0.1) is 11.3 Å². The van der Waals surface area contributed by atoms with Gasteiger partial charge < -0.3 is 9.84 Å². The van der Waals surface area contributed by atoms with E-state index < -0.39 is 0 Å². The van der Waals surface area contributed by atoms with Crippen LogP contribution in [-0.4, -0.2) is 22.0 Å². The van der Waals surface area contributed by atoms with Gasteiger partial charge in [0.05, 0.1) is 36.2 Å². The number of aromatic nitrogens is 2. The summed E-state index contributed by atoms with van der Waals surface area (Å²) in [5.74, 6) is 0. The zero-order valence-corrected chi connectivity index (χ0v) is 11.1. The van der Waals surface area contributed by atoms with E-state index in [9.17, 15) is 5.11 Å². The van der Waals surface area contributed by atoms with Crippen LogP contribution in [0.5, 0.6) is 0 Å². The molecule has 0 fully saturated rings. The van der Waals surface area contributed by atoms with E-state index in [1.54, 1.807) is 31.4 Å². The Hall–Kier alpha value is -1.87. The number of aliphatic hydroxyl groups excluding tert-OH is 1. The lowest BCUT2D eigenvalue weighted by Gasteiger charge is -2.03. The molecule has 0 bridgehead atoms. The first-order valence-electron chi connectivity index (χ1n) is 5.58. The van der Waals surface area contributed by atoms with E-state index in [4.69, 9.17) is 21.6 Å². The third kappa shape index (κ3) is 2.61. The van der Waals surface area contributed by atoms with Gasteiger partial charge in [0.1, 0.15) is 5.15 Å². The van der Waals surface area contributed by atoms with Crippen LogP contribution >= 0.6 is 11.6 Å². The van der Waals surface area contributed by atoms with Crippen molar-refractivity contribution in [2.24, 2.45) is 0 Å². The average molecular weight is 278 g/mol. The second kappa shape index (κ2) is 5.85. The van der Waals surface area contributed by atoms with Crippen LogP contribution in [-0.2, 0) is 18.0 Å². The molecule has 0 amide bonds. The van der Waals surface area contributed by atoms with Crippen molar-refractivity contribution in [2.45, 2.75) is 13.2 Å². The van der Waals surface area contributed by atoms with Crippen molar-refractivity contribution < 1.29 is 9.84 Å². The minimum absolute atomic E-state index is 0.213. The van der Waals surface area contributed by atoms with Gasteiger partial charge in [0.25, 0.3) is 0 Å². The number of methoxy groups -OCH3 is 1. The summed E-state index contributed by atoms with van der Waals surface area (Å²) in [6, 6.07) is 8.97. The lowest BCUT2D eigenvalue weighted by molar-refractivity contribution is 0.178. The van der Waals surface area contributed by atoms with Crippen LogP contribution in [0.25, 0.3) is 5.69 Å². The zero-order valence-electron chi connectivity index (χ0n) is 10.3. The van der Waals surface area contributed by atoms with Gasteiger partial charge in [-0.05, 0) is 18.2 Å². The molecule has 6 heteroatoms. The largest absolute Gasteiger partial charge is 0.391 e. The molecular formula is C13H12ClN3O2. The van der Waals surface area contributed by atoms with Crippen molar-refractivity contribution >= 4 is 11.6 Å². The van der Waals surface area contributed by atoms with Crippen LogP contribution in [0.2, 0.25) is 5.15 Å². The minimum Gasteiger partial charge on any atom is -0.391 e. The predicted octanol–water partition coefficient (Wildman–Crippen LogP) is 2.04. The molecule has 98 valence electrons. The average Bonchev–Trinajstić information content (AvgIpc) is 2.75. The van der Waals surface area contributed by atoms with Gasteiger partial charge in [-0.15, -0.1) is 0 Å². The highest BCUT2D eigenvalue weighted by molar-refractivity contribution is 6.30. The Morgan fingerprint density at radius 3 is 2.95 bits per heavy atom. The SMILES string of the molecule is COCc1nn(-c2cccc(C#N)c2)c(Cl)c1CO. The van der Waals surface area contributed by atoms with E-state index in [0.29, 0.717) is 27.7 Å². The van der Waals surface area contributed by atoms with Gasteiger partial charge in [-0.25, -0.2) is 4.68 Å². The van der Waals surface area contributed by atoms with Gasteiger partial charge in [0, 0.05) is 12.7 Å². The number of aliphatic hydroxyl groups is 1. The standard InChI is InChI=1S/C13H12ClN3O2/c1-19-8-12-11(7-18)13(14)17(16-12)10-4-2-3-9(5-10)6-15/h2-5,18H,7-8H2,1H3. The van der Waals surface area contributed by atoms with Crippen molar-refractivity contribution in [3.63, 3.8) is 0 Å². The number of hydrogen-bond acceptors (Lipinski definition) is 4. The number of benzene rings is 1. The van der Waals surface area contributed by atoms with Crippen LogP contribution in [0.15, 0.2) is 24.3 Å². The molecule has 19 heavy (non-hydrogen) atoms. The first-order chi connectivity index (χ1) is 9.21. The predicted molar refractivity (Wildman–Crippen MR) is 69.9 cm³/mol. The molecule has 1 N–H and O–H groups in total. The summed E-state index contributed by atoms with van der Waals surface area (Å²) in [6.45, 7) is 0.0516. The number of hydrogen-bond donors (Lipinski definition) is 1. The lowest BCUT2D eigenvalue weighted by atomic mass is 10.2. The van der Waals surface area contributed by atoms with E-state index in [2.05, 4.69) is 11.2 Å². The Bertz CT molecular complexity index is 631. The topological polar surface area (TPSA) is 71.1 Å². The smallest absolute Gasteiger partial charge is 0.138 e. The number of rotatable bonds is 4. The summed E-state index contributed by atoms with van der Waals surface area (Å²) < 4.78 is 6.51. The Kier molecular flexibility index (Phi) is 4.17. The zero-order chi connectivity index (χ0) is 13.8. The molecule has 1 heterocycles. The highest BCUT2D eigenvalue weighted by Gasteiger charge is 2.16. The number of halogens is 1. The highest BCUT2D eigenvalue weighted by Crippen LogP contribution is 2.24. The molecular weight excluding hydrogens is 266 g/mol. The molecule has 0 aliphatic rings. The minimum atomic E-state index is -0.213. The van der Waals surface area contributed by atoms with Crippen molar-refractivity contribution in [2.75, 3.05) is 7.11 Å². The van der Waals surface area contributed by atoms with Gasteiger partial charge in [-0.2, -0.15) is 10.4 Å². The molecule has 1 aromatic carbocycles. The maximum absolute atomic E-state index is 9.34. The fourth-order valence-corrected chi connectivity index (χ4v) is 2.06. The van der Waals surface area contributed by atoms with Crippen molar-refractivity contribution in [1.82, 2.24) is 9.78 Å². The monoisotopic (exact) mass is 277 g/mol. The molecule has 0 atom stereocenters.